The van der Waals surface area contributed by atoms with E-state index >= 15 is 0 Å². The third-order valence-electron chi connectivity index (χ3n) is 11.4. The molecule has 0 N–H and O–H groups in total. The number of rotatable bonds is 5. The molecule has 4 aromatic heterocycles. The number of pyridine rings is 1. The first kappa shape index (κ1) is 31.6. The molecule has 57 heavy (non-hydrogen) atoms. The van der Waals surface area contributed by atoms with Crippen LogP contribution >= 0.6 is 0 Å². The number of nitrogens with zero attached hydrogens (tertiary/aromatic N) is 4. The third kappa shape index (κ3) is 4.96. The van der Waals surface area contributed by atoms with Crippen LogP contribution in [0.2, 0.25) is 0 Å². The molecule has 0 aliphatic heterocycles. The highest BCUT2D eigenvalue weighted by Gasteiger charge is 2.19. The molecular formula is C52H32N4O. The summed E-state index contributed by atoms with van der Waals surface area (Å²) in [6.45, 7) is 0. The molecule has 266 valence electrons. The molecule has 0 aliphatic rings. The highest BCUT2D eigenvalue weighted by Crippen LogP contribution is 2.40. The summed E-state index contributed by atoms with van der Waals surface area (Å²) in [5, 5.41) is 6.99. The Morgan fingerprint density at radius 1 is 0.386 bits per heavy atom. The molecule has 0 saturated heterocycles. The number of benzene rings is 8. The van der Waals surface area contributed by atoms with Gasteiger partial charge in [-0.05, 0) is 101 Å². The summed E-state index contributed by atoms with van der Waals surface area (Å²) in [5.41, 5.74) is 13.5. The Morgan fingerprint density at radius 3 is 1.75 bits per heavy atom. The van der Waals surface area contributed by atoms with E-state index in [0.29, 0.717) is 5.89 Å². The zero-order valence-corrected chi connectivity index (χ0v) is 30.7. The minimum absolute atomic E-state index is 0.580. The molecule has 0 unspecified atom stereocenters. The Kier molecular flexibility index (Phi) is 6.86. The van der Waals surface area contributed by atoms with E-state index in [2.05, 4.69) is 178 Å². The summed E-state index contributed by atoms with van der Waals surface area (Å²) in [6, 6.07) is 66.7. The summed E-state index contributed by atoms with van der Waals surface area (Å²) >= 11 is 0. The maximum atomic E-state index is 6.66. The van der Waals surface area contributed by atoms with Crippen LogP contribution in [-0.2, 0) is 0 Å². The van der Waals surface area contributed by atoms with Crippen molar-refractivity contribution in [3.05, 3.63) is 194 Å². The normalized spacial score (nSPS) is 11.9. The summed E-state index contributed by atoms with van der Waals surface area (Å²) in [4.78, 5) is 9.80. The predicted molar refractivity (Wildman–Crippen MR) is 234 cm³/mol. The van der Waals surface area contributed by atoms with Gasteiger partial charge in [0.1, 0.15) is 5.52 Å². The average molecular weight is 729 g/mol. The fourth-order valence-electron chi connectivity index (χ4n) is 8.77. The van der Waals surface area contributed by atoms with Crippen LogP contribution in [0.25, 0.3) is 111 Å². The van der Waals surface area contributed by atoms with Crippen LogP contribution in [0, 0.1) is 0 Å². The SMILES string of the molecule is c1ccc(-n2c3ccccc3c3cc(-c4cc(-c5nc6c(ccc7cc(-c8ccccn8)ccc76)o5)cc(-n5c6ccccc6c6ccccc65)c4)ccc32)cc1. The van der Waals surface area contributed by atoms with Gasteiger partial charge in [-0.25, -0.2) is 4.98 Å². The molecule has 0 bridgehead atoms. The average Bonchev–Trinajstić information content (AvgIpc) is 3.97. The van der Waals surface area contributed by atoms with Gasteiger partial charge in [0.2, 0.25) is 5.89 Å². The van der Waals surface area contributed by atoms with Gasteiger partial charge in [0.25, 0.3) is 0 Å². The molecule has 5 nitrogen and oxygen atoms in total. The second-order valence-corrected chi connectivity index (χ2v) is 14.6. The molecule has 0 atom stereocenters. The van der Waals surface area contributed by atoms with Gasteiger partial charge in [-0.3, -0.25) is 4.98 Å². The first-order valence-electron chi connectivity index (χ1n) is 19.2. The Bertz CT molecular complexity index is 3470. The Hall–Kier alpha value is -7.76. The smallest absolute Gasteiger partial charge is 0.227 e. The molecule has 0 spiro atoms. The molecule has 8 aromatic carbocycles. The molecule has 12 rings (SSSR count). The van der Waals surface area contributed by atoms with Crippen molar-refractivity contribution in [1.29, 1.82) is 0 Å². The molecule has 5 heteroatoms. The number of para-hydroxylation sites is 4. The Balaban J connectivity index is 1.09. The van der Waals surface area contributed by atoms with Crippen molar-refractivity contribution in [2.75, 3.05) is 0 Å². The van der Waals surface area contributed by atoms with E-state index in [1.165, 1.54) is 32.6 Å². The minimum Gasteiger partial charge on any atom is -0.436 e. The minimum atomic E-state index is 0.580. The van der Waals surface area contributed by atoms with Crippen LogP contribution in [0.1, 0.15) is 0 Å². The quantitative estimate of drug-likeness (QED) is 0.177. The summed E-state index contributed by atoms with van der Waals surface area (Å²) in [7, 11) is 0. The second kappa shape index (κ2) is 12.4. The highest BCUT2D eigenvalue weighted by atomic mass is 16.3. The third-order valence-corrected chi connectivity index (χ3v) is 11.4. The molecule has 0 aliphatic carbocycles. The van der Waals surface area contributed by atoms with Crippen molar-refractivity contribution in [2.24, 2.45) is 0 Å². The maximum Gasteiger partial charge on any atom is 0.227 e. The van der Waals surface area contributed by atoms with Crippen LogP contribution in [-0.4, -0.2) is 19.1 Å². The fraction of sp³-hybridized carbons (Fsp3) is 0. The van der Waals surface area contributed by atoms with Crippen molar-refractivity contribution in [2.45, 2.75) is 0 Å². The van der Waals surface area contributed by atoms with Gasteiger partial charge in [0, 0.05) is 55.6 Å². The van der Waals surface area contributed by atoms with E-state index in [1.54, 1.807) is 0 Å². The lowest BCUT2D eigenvalue weighted by Gasteiger charge is -2.13. The molecule has 0 saturated carbocycles. The molecule has 0 amide bonds. The van der Waals surface area contributed by atoms with Gasteiger partial charge in [-0.1, -0.05) is 103 Å². The van der Waals surface area contributed by atoms with Crippen LogP contribution in [0.3, 0.4) is 0 Å². The molecule has 0 fully saturated rings. The van der Waals surface area contributed by atoms with Crippen molar-refractivity contribution in [3.8, 4) is 45.2 Å². The van der Waals surface area contributed by atoms with E-state index in [-0.39, 0.29) is 0 Å². The fourth-order valence-corrected chi connectivity index (χ4v) is 8.77. The van der Waals surface area contributed by atoms with Gasteiger partial charge >= 0.3 is 0 Å². The number of oxazole rings is 1. The van der Waals surface area contributed by atoms with Gasteiger partial charge in [-0.2, -0.15) is 0 Å². The summed E-state index contributed by atoms with van der Waals surface area (Å²) in [5.74, 6) is 0.580. The molecular weight excluding hydrogens is 697 g/mol. The van der Waals surface area contributed by atoms with E-state index in [1.807, 2.05) is 30.5 Å². The van der Waals surface area contributed by atoms with Gasteiger partial charge in [0.05, 0.1) is 27.8 Å². The topological polar surface area (TPSA) is 48.8 Å². The van der Waals surface area contributed by atoms with Gasteiger partial charge in [-0.15, -0.1) is 0 Å². The van der Waals surface area contributed by atoms with Crippen molar-refractivity contribution < 1.29 is 4.42 Å². The molecule has 0 radical (unpaired) electrons. The van der Waals surface area contributed by atoms with E-state index in [4.69, 9.17) is 9.40 Å². The summed E-state index contributed by atoms with van der Waals surface area (Å²) < 4.78 is 11.4. The van der Waals surface area contributed by atoms with E-state index < -0.39 is 0 Å². The second-order valence-electron chi connectivity index (χ2n) is 14.6. The standard InChI is InChI=1S/C52H32N4O/c1-2-12-38(13-3-1)55-48-20-9-6-16-43(48)44-32-33(22-25-49(44)55)36-29-37(31-39(30-36)56-46-18-7-4-14-41(46)42-15-5-8-19-47(42)56)52-54-51-40-24-21-35(45-17-10-11-27-53-45)28-34(40)23-26-50(51)57-52/h1-32H. The van der Waals surface area contributed by atoms with Crippen molar-refractivity contribution >= 4 is 65.5 Å². The Morgan fingerprint density at radius 2 is 1.02 bits per heavy atom. The van der Waals surface area contributed by atoms with Crippen LogP contribution in [0.5, 0.6) is 0 Å². The predicted octanol–water partition coefficient (Wildman–Crippen LogP) is 13.6. The lowest BCUT2D eigenvalue weighted by Crippen LogP contribution is -1.96. The monoisotopic (exact) mass is 728 g/mol. The van der Waals surface area contributed by atoms with Crippen LogP contribution in [0.15, 0.2) is 199 Å². The molecule has 12 aromatic rings. The number of hydrogen-bond donors (Lipinski definition) is 0. The lowest BCUT2D eigenvalue weighted by molar-refractivity contribution is 0.620. The Labute approximate surface area is 327 Å². The summed E-state index contributed by atoms with van der Waals surface area (Å²) in [6.07, 6.45) is 1.83. The lowest BCUT2D eigenvalue weighted by atomic mass is 9.99. The van der Waals surface area contributed by atoms with Crippen molar-refractivity contribution in [3.63, 3.8) is 0 Å². The highest BCUT2D eigenvalue weighted by molar-refractivity contribution is 6.12. The van der Waals surface area contributed by atoms with Crippen LogP contribution < -0.4 is 0 Å². The largest absolute Gasteiger partial charge is 0.436 e. The van der Waals surface area contributed by atoms with E-state index in [9.17, 15) is 0 Å². The van der Waals surface area contributed by atoms with E-state index in [0.717, 1.165) is 72.2 Å². The first-order valence-corrected chi connectivity index (χ1v) is 19.2. The van der Waals surface area contributed by atoms with Crippen molar-refractivity contribution in [1.82, 2.24) is 19.1 Å². The zero-order valence-electron chi connectivity index (χ0n) is 30.7. The number of fused-ring (bicyclic) bond motifs is 9. The number of aromatic nitrogens is 4. The number of hydrogen-bond acceptors (Lipinski definition) is 3. The van der Waals surface area contributed by atoms with Crippen LogP contribution in [0.4, 0.5) is 0 Å². The maximum absolute atomic E-state index is 6.66. The first-order chi connectivity index (χ1) is 28.2. The van der Waals surface area contributed by atoms with Gasteiger partial charge < -0.3 is 13.6 Å². The van der Waals surface area contributed by atoms with Gasteiger partial charge in [0.15, 0.2) is 5.58 Å². The molecule has 4 heterocycles. The zero-order chi connectivity index (χ0) is 37.5.